The summed E-state index contributed by atoms with van der Waals surface area (Å²) in [5, 5.41) is 4.40. The zero-order valence-electron chi connectivity index (χ0n) is 12.8. The Morgan fingerprint density at radius 3 is 2.56 bits per heavy atom. The van der Waals surface area contributed by atoms with Gasteiger partial charge in [0.15, 0.2) is 0 Å². The van der Waals surface area contributed by atoms with Gasteiger partial charge in [-0.2, -0.15) is 4.98 Å². The van der Waals surface area contributed by atoms with E-state index < -0.39 is 10.0 Å². The molecule has 0 atom stereocenters. The van der Waals surface area contributed by atoms with Crippen molar-refractivity contribution in [2.45, 2.75) is 11.3 Å². The Labute approximate surface area is 158 Å². The first-order valence-electron chi connectivity index (χ1n) is 7.28. The Kier molecular flexibility index (Phi) is 5.53. The van der Waals surface area contributed by atoms with Crippen LogP contribution in [0.15, 0.2) is 62.4 Å². The summed E-state index contributed by atoms with van der Waals surface area (Å²) in [6, 6.07) is 13.5. The van der Waals surface area contributed by atoms with Gasteiger partial charge in [-0.3, -0.25) is 0 Å². The van der Waals surface area contributed by atoms with E-state index in [1.54, 1.807) is 24.3 Å². The fourth-order valence-corrected chi connectivity index (χ4v) is 3.61. The maximum absolute atomic E-state index is 12.2. The van der Waals surface area contributed by atoms with Gasteiger partial charge < -0.3 is 4.52 Å². The highest BCUT2D eigenvalue weighted by atomic mass is 79.9. The molecule has 0 aliphatic carbocycles. The smallest absolute Gasteiger partial charge is 0.240 e. The Morgan fingerprint density at radius 1 is 1.12 bits per heavy atom. The molecule has 3 rings (SSSR count). The number of nitrogens with zero attached hydrogens (tertiary/aromatic N) is 2. The molecule has 6 nitrogen and oxygen atoms in total. The highest BCUT2D eigenvalue weighted by Gasteiger charge is 2.15. The molecule has 2 aromatic carbocycles. The summed E-state index contributed by atoms with van der Waals surface area (Å²) in [6.07, 6.45) is 0.271. The third kappa shape index (κ3) is 4.46. The van der Waals surface area contributed by atoms with E-state index in [2.05, 4.69) is 30.8 Å². The summed E-state index contributed by atoms with van der Waals surface area (Å²) in [7, 11) is -3.58. The van der Waals surface area contributed by atoms with Crippen molar-refractivity contribution in [3.05, 3.63) is 63.9 Å². The molecule has 1 N–H and O–H groups in total. The first-order chi connectivity index (χ1) is 12.0. The molecule has 9 heteroatoms. The number of hydrogen-bond acceptors (Lipinski definition) is 5. The topological polar surface area (TPSA) is 85.1 Å². The van der Waals surface area contributed by atoms with Crippen LogP contribution in [-0.4, -0.2) is 25.1 Å². The fraction of sp³-hybridized carbons (Fsp3) is 0.125. The Balaban J connectivity index is 1.63. The molecule has 0 spiro atoms. The van der Waals surface area contributed by atoms with Gasteiger partial charge in [0, 0.05) is 23.0 Å². The minimum Gasteiger partial charge on any atom is -0.339 e. The van der Waals surface area contributed by atoms with Gasteiger partial charge in [0.1, 0.15) is 0 Å². The van der Waals surface area contributed by atoms with Crippen molar-refractivity contribution in [2.24, 2.45) is 0 Å². The second kappa shape index (κ2) is 7.65. The third-order valence-corrected chi connectivity index (χ3v) is 5.67. The number of halogens is 2. The van der Waals surface area contributed by atoms with E-state index in [-0.39, 0.29) is 17.9 Å². The van der Waals surface area contributed by atoms with E-state index in [1.165, 1.54) is 12.1 Å². The lowest BCUT2D eigenvalue weighted by Crippen LogP contribution is -2.26. The van der Waals surface area contributed by atoms with E-state index in [0.717, 1.165) is 4.47 Å². The predicted molar refractivity (Wildman–Crippen MR) is 97.8 cm³/mol. The first-order valence-corrected chi connectivity index (χ1v) is 9.94. The van der Waals surface area contributed by atoms with Crippen LogP contribution in [0.25, 0.3) is 11.4 Å². The Morgan fingerprint density at radius 2 is 1.84 bits per heavy atom. The van der Waals surface area contributed by atoms with Gasteiger partial charge in [-0.1, -0.05) is 44.8 Å². The van der Waals surface area contributed by atoms with Crippen LogP contribution in [0, 0.1) is 0 Å². The molecule has 130 valence electrons. The fourth-order valence-electron chi connectivity index (χ4n) is 2.10. The van der Waals surface area contributed by atoms with Gasteiger partial charge >= 0.3 is 0 Å². The van der Waals surface area contributed by atoms with Gasteiger partial charge in [-0.15, -0.1) is 0 Å². The Bertz CT molecular complexity index is 974. The molecule has 3 aromatic rings. The van der Waals surface area contributed by atoms with Crippen LogP contribution in [0.2, 0.25) is 5.02 Å². The highest BCUT2D eigenvalue weighted by molar-refractivity contribution is 9.10. The van der Waals surface area contributed by atoms with Crippen molar-refractivity contribution in [2.75, 3.05) is 6.54 Å². The second-order valence-electron chi connectivity index (χ2n) is 5.09. The molecule has 0 aliphatic heterocycles. The molecule has 0 amide bonds. The van der Waals surface area contributed by atoms with Crippen molar-refractivity contribution in [3.63, 3.8) is 0 Å². The highest BCUT2D eigenvalue weighted by Crippen LogP contribution is 2.24. The van der Waals surface area contributed by atoms with Crippen LogP contribution < -0.4 is 4.72 Å². The summed E-state index contributed by atoms with van der Waals surface area (Å²) < 4.78 is 32.9. The maximum atomic E-state index is 12.2. The van der Waals surface area contributed by atoms with E-state index in [4.69, 9.17) is 16.1 Å². The van der Waals surface area contributed by atoms with Gasteiger partial charge in [-0.25, -0.2) is 13.1 Å². The van der Waals surface area contributed by atoms with Crippen molar-refractivity contribution in [1.29, 1.82) is 0 Å². The number of sulfonamides is 1. The minimum atomic E-state index is -3.58. The van der Waals surface area contributed by atoms with Crippen LogP contribution in [0.3, 0.4) is 0 Å². The van der Waals surface area contributed by atoms with Gasteiger partial charge in [0.25, 0.3) is 0 Å². The van der Waals surface area contributed by atoms with Crippen molar-refractivity contribution in [3.8, 4) is 11.4 Å². The van der Waals surface area contributed by atoms with E-state index in [1.807, 2.05) is 12.1 Å². The van der Waals surface area contributed by atoms with Gasteiger partial charge in [-0.05, 0) is 36.4 Å². The van der Waals surface area contributed by atoms with E-state index >= 15 is 0 Å². The molecule has 1 aromatic heterocycles. The zero-order valence-corrected chi connectivity index (χ0v) is 16.0. The van der Waals surface area contributed by atoms with Gasteiger partial charge in [0.2, 0.25) is 21.7 Å². The number of benzene rings is 2. The third-order valence-electron chi connectivity index (χ3n) is 3.34. The average molecular weight is 443 g/mol. The molecular formula is C16H13BrClN3O3S. The molecule has 0 unspecified atom stereocenters. The minimum absolute atomic E-state index is 0.141. The standard InChI is InChI=1S/C16H13BrClN3O3S/c17-11-5-7-12(8-6-11)25(22,23)19-10-9-15-20-16(21-24-15)13-3-1-2-4-14(13)18/h1-8,19H,9-10H2. The van der Waals surface area contributed by atoms with Gasteiger partial charge in [0.05, 0.1) is 9.92 Å². The number of aromatic nitrogens is 2. The molecule has 1 heterocycles. The molecule has 0 aliphatic rings. The molecule has 0 saturated heterocycles. The normalized spacial score (nSPS) is 11.6. The lowest BCUT2D eigenvalue weighted by atomic mass is 10.2. The Hall–Kier alpha value is -1.74. The maximum Gasteiger partial charge on any atom is 0.240 e. The van der Waals surface area contributed by atoms with Crippen molar-refractivity contribution < 1.29 is 12.9 Å². The summed E-state index contributed by atoms with van der Waals surface area (Å²) in [5.74, 6) is 0.699. The van der Waals surface area contributed by atoms with Crippen molar-refractivity contribution >= 4 is 37.6 Å². The molecule has 0 bridgehead atoms. The quantitative estimate of drug-likeness (QED) is 0.629. The second-order valence-corrected chi connectivity index (χ2v) is 8.18. The largest absolute Gasteiger partial charge is 0.339 e. The average Bonchev–Trinajstić information content (AvgIpc) is 3.04. The lowest BCUT2D eigenvalue weighted by Gasteiger charge is -2.05. The zero-order chi connectivity index (χ0) is 17.9. The summed E-state index contributed by atoms with van der Waals surface area (Å²) in [4.78, 5) is 4.43. The molecule has 0 radical (unpaired) electrons. The monoisotopic (exact) mass is 441 g/mol. The lowest BCUT2D eigenvalue weighted by molar-refractivity contribution is 0.379. The molecule has 0 saturated carbocycles. The summed E-state index contributed by atoms with van der Waals surface area (Å²) in [6.45, 7) is 0.141. The van der Waals surface area contributed by atoms with Crippen LogP contribution in [-0.2, 0) is 16.4 Å². The van der Waals surface area contributed by atoms with Crippen LogP contribution in [0.1, 0.15) is 5.89 Å². The van der Waals surface area contributed by atoms with Crippen LogP contribution in [0.5, 0.6) is 0 Å². The van der Waals surface area contributed by atoms with Crippen LogP contribution >= 0.6 is 27.5 Å². The summed E-state index contributed by atoms with van der Waals surface area (Å²) >= 11 is 9.36. The van der Waals surface area contributed by atoms with Crippen molar-refractivity contribution in [1.82, 2.24) is 14.9 Å². The molecule has 25 heavy (non-hydrogen) atoms. The summed E-state index contributed by atoms with van der Waals surface area (Å²) in [5.41, 5.74) is 0.662. The molecule has 0 fully saturated rings. The number of nitrogens with one attached hydrogen (secondary N) is 1. The van der Waals surface area contributed by atoms with Crippen LogP contribution in [0.4, 0.5) is 0 Å². The first kappa shape index (κ1) is 18.1. The SMILES string of the molecule is O=S(=O)(NCCc1nc(-c2ccccc2Cl)no1)c1ccc(Br)cc1. The number of hydrogen-bond donors (Lipinski definition) is 1. The number of rotatable bonds is 6. The predicted octanol–water partition coefficient (Wildman–Crippen LogP) is 3.67. The van der Waals surface area contributed by atoms with E-state index in [9.17, 15) is 8.42 Å². The molecular weight excluding hydrogens is 430 g/mol. The van der Waals surface area contributed by atoms with E-state index in [0.29, 0.717) is 22.3 Å².